The van der Waals surface area contributed by atoms with Crippen molar-refractivity contribution in [2.45, 2.75) is 12.6 Å². The third-order valence-corrected chi connectivity index (χ3v) is 0.974. The van der Waals surface area contributed by atoms with E-state index in [9.17, 15) is 0 Å². The maximum Gasteiger partial charge on any atom is 0.106 e. The third-order valence-electron chi connectivity index (χ3n) is 0.974. The van der Waals surface area contributed by atoms with Crippen molar-refractivity contribution in [3.63, 3.8) is 0 Å². The highest BCUT2D eigenvalue weighted by Crippen LogP contribution is 1.86. The monoisotopic (exact) mass is 196 g/mol. The summed E-state index contributed by atoms with van der Waals surface area (Å²) in [4.78, 5) is 0. The molecule has 0 aromatic heterocycles. The third kappa shape index (κ3) is 18.6. The van der Waals surface area contributed by atoms with Gasteiger partial charge in [-0.2, -0.15) is 0 Å². The summed E-state index contributed by atoms with van der Waals surface area (Å²) >= 11 is 0. The number of hydrogen-bond acceptors (Lipinski definition) is 6. The van der Waals surface area contributed by atoms with Gasteiger partial charge in [0, 0.05) is 0 Å². The number of aliphatic hydroxyl groups is 3. The van der Waals surface area contributed by atoms with Crippen molar-refractivity contribution in [3.8, 4) is 0 Å². The first-order valence-electron chi connectivity index (χ1n) is 4.12. The van der Waals surface area contributed by atoms with Crippen molar-refractivity contribution in [2.24, 2.45) is 11.5 Å². The fraction of sp³-hybridized carbons (Fsp3) is 1.00. The van der Waals surface area contributed by atoms with Crippen LogP contribution in [0.25, 0.3) is 0 Å². The Balaban J connectivity index is 0. The summed E-state index contributed by atoms with van der Waals surface area (Å²) in [6, 6.07) is 0. The van der Waals surface area contributed by atoms with E-state index in [1.165, 1.54) is 0 Å². The Labute approximate surface area is 78.1 Å². The molecule has 0 saturated carbocycles. The normalized spacial score (nSPS) is 11.8. The summed E-state index contributed by atoms with van der Waals surface area (Å²) in [6.45, 7) is 0.575. The van der Waals surface area contributed by atoms with E-state index in [0.29, 0.717) is 19.6 Å². The molecule has 0 bridgehead atoms. The Bertz CT molecular complexity index is 82.9. The van der Waals surface area contributed by atoms with Gasteiger partial charge in [-0.3, -0.25) is 0 Å². The van der Waals surface area contributed by atoms with Crippen LogP contribution in [0.3, 0.4) is 0 Å². The minimum atomic E-state index is -0.317. The largest absolute Gasteiger partial charge is 0.394 e. The van der Waals surface area contributed by atoms with Gasteiger partial charge in [0.25, 0.3) is 0 Å². The molecule has 0 heterocycles. The van der Waals surface area contributed by atoms with Crippen LogP contribution in [0.5, 0.6) is 0 Å². The molecule has 0 amide bonds. The maximum atomic E-state index is 8.27. The number of aliphatic hydroxyl groups excluding tert-OH is 3. The van der Waals surface area contributed by atoms with Crippen molar-refractivity contribution in [1.29, 1.82) is 0 Å². The van der Waals surface area contributed by atoms with Gasteiger partial charge in [0.1, 0.15) is 6.23 Å². The lowest BCUT2D eigenvalue weighted by molar-refractivity contribution is 0.0292. The Morgan fingerprint density at radius 1 is 1.08 bits per heavy atom. The molecule has 0 aromatic carbocycles. The topological polar surface area (TPSA) is 122 Å². The van der Waals surface area contributed by atoms with E-state index >= 15 is 0 Å². The Morgan fingerprint density at radius 2 is 1.62 bits per heavy atom. The smallest absolute Gasteiger partial charge is 0.106 e. The average Bonchev–Trinajstić information content (AvgIpc) is 2.16. The minimum absolute atomic E-state index is 0.0122. The van der Waals surface area contributed by atoms with Gasteiger partial charge in [0.2, 0.25) is 0 Å². The number of nitrogens with two attached hydrogens (primary N) is 2. The first-order valence-corrected chi connectivity index (χ1v) is 4.12. The highest BCUT2D eigenvalue weighted by atomic mass is 16.5. The van der Waals surface area contributed by atoms with E-state index < -0.39 is 0 Å². The molecule has 6 heteroatoms. The summed E-state index contributed by atoms with van der Waals surface area (Å²) in [5, 5.41) is 23.5. The molecule has 6 nitrogen and oxygen atoms in total. The van der Waals surface area contributed by atoms with Gasteiger partial charge in [-0.25, -0.2) is 0 Å². The molecule has 0 aliphatic heterocycles. The first-order chi connectivity index (χ1) is 6.22. The minimum Gasteiger partial charge on any atom is -0.394 e. The summed E-state index contributed by atoms with van der Waals surface area (Å²) in [5.41, 5.74) is 10.5. The standard InChI is InChI=1S/C5H14N2O2.C2H6O2/c6-2-1-5(7)9-4-3-8;3-1-2-4/h5,8H,1-4,6-7H2;3-4H,1-2H2. The summed E-state index contributed by atoms with van der Waals surface area (Å²) < 4.78 is 4.88. The molecule has 82 valence electrons. The van der Waals surface area contributed by atoms with Crippen LogP contribution < -0.4 is 11.5 Å². The Hall–Kier alpha value is -0.240. The van der Waals surface area contributed by atoms with E-state index in [0.717, 1.165) is 0 Å². The van der Waals surface area contributed by atoms with Crippen LogP contribution in [0.2, 0.25) is 0 Å². The first kappa shape index (κ1) is 15.2. The van der Waals surface area contributed by atoms with E-state index in [1.54, 1.807) is 0 Å². The van der Waals surface area contributed by atoms with Crippen LogP contribution in [0.4, 0.5) is 0 Å². The predicted octanol–water partition coefficient (Wildman–Crippen LogP) is -2.40. The molecule has 0 saturated heterocycles. The van der Waals surface area contributed by atoms with E-state index in [1.807, 2.05) is 0 Å². The highest BCUT2D eigenvalue weighted by molar-refractivity contribution is 4.47. The molecule has 0 spiro atoms. The molecule has 1 atom stereocenters. The highest BCUT2D eigenvalue weighted by Gasteiger charge is 1.97. The van der Waals surface area contributed by atoms with Crippen molar-refractivity contribution in [1.82, 2.24) is 0 Å². The molecule has 0 aromatic rings. The maximum absolute atomic E-state index is 8.27. The quantitative estimate of drug-likeness (QED) is 0.302. The molecule has 1 unspecified atom stereocenters. The molecule has 0 rings (SSSR count). The van der Waals surface area contributed by atoms with Gasteiger partial charge in [0.05, 0.1) is 26.4 Å². The molecule has 13 heavy (non-hydrogen) atoms. The number of ether oxygens (including phenoxy) is 1. The van der Waals surface area contributed by atoms with E-state index in [4.69, 9.17) is 31.5 Å². The lowest BCUT2D eigenvalue weighted by Crippen LogP contribution is -2.27. The number of hydrogen-bond donors (Lipinski definition) is 5. The van der Waals surface area contributed by atoms with Crippen LogP contribution in [-0.4, -0.2) is 54.5 Å². The van der Waals surface area contributed by atoms with E-state index in [2.05, 4.69) is 0 Å². The molecular weight excluding hydrogens is 176 g/mol. The van der Waals surface area contributed by atoms with Crippen molar-refractivity contribution >= 4 is 0 Å². The van der Waals surface area contributed by atoms with E-state index in [-0.39, 0.29) is 26.0 Å². The summed E-state index contributed by atoms with van der Waals surface area (Å²) in [6.07, 6.45) is 0.321. The van der Waals surface area contributed by atoms with Gasteiger partial charge in [0.15, 0.2) is 0 Å². The Kier molecular flexibility index (Phi) is 16.8. The zero-order valence-corrected chi connectivity index (χ0v) is 7.72. The molecule has 0 radical (unpaired) electrons. The van der Waals surface area contributed by atoms with Crippen LogP contribution in [-0.2, 0) is 4.74 Å². The second kappa shape index (κ2) is 14.3. The van der Waals surface area contributed by atoms with Crippen LogP contribution in [0.15, 0.2) is 0 Å². The van der Waals surface area contributed by atoms with Crippen LogP contribution in [0.1, 0.15) is 6.42 Å². The van der Waals surface area contributed by atoms with Gasteiger partial charge in [-0.05, 0) is 13.0 Å². The second-order valence-corrected chi connectivity index (χ2v) is 2.16. The van der Waals surface area contributed by atoms with Gasteiger partial charge in [-0.15, -0.1) is 0 Å². The van der Waals surface area contributed by atoms with Crippen molar-refractivity contribution in [3.05, 3.63) is 0 Å². The van der Waals surface area contributed by atoms with Crippen LogP contribution in [0, 0.1) is 0 Å². The SMILES string of the molecule is NCCC(N)OCCO.OCCO. The van der Waals surface area contributed by atoms with Crippen molar-refractivity contribution in [2.75, 3.05) is 33.0 Å². The molecule has 7 N–H and O–H groups in total. The lowest BCUT2D eigenvalue weighted by Gasteiger charge is -2.09. The van der Waals surface area contributed by atoms with Gasteiger partial charge >= 0.3 is 0 Å². The second-order valence-electron chi connectivity index (χ2n) is 2.16. The van der Waals surface area contributed by atoms with Crippen molar-refractivity contribution < 1.29 is 20.1 Å². The Morgan fingerprint density at radius 3 is 1.92 bits per heavy atom. The van der Waals surface area contributed by atoms with Crippen LogP contribution >= 0.6 is 0 Å². The fourth-order valence-corrected chi connectivity index (χ4v) is 0.452. The zero-order valence-electron chi connectivity index (χ0n) is 7.72. The van der Waals surface area contributed by atoms with Gasteiger partial charge in [-0.1, -0.05) is 0 Å². The molecule has 0 aliphatic rings. The molecular formula is C7H20N2O4. The number of rotatable bonds is 6. The average molecular weight is 196 g/mol. The molecule has 0 aliphatic carbocycles. The van der Waals surface area contributed by atoms with Gasteiger partial charge < -0.3 is 31.5 Å². The fourth-order valence-electron chi connectivity index (χ4n) is 0.452. The molecule has 0 fully saturated rings. The summed E-state index contributed by atoms with van der Waals surface area (Å²) in [7, 11) is 0. The zero-order chi connectivity index (χ0) is 10.5. The lowest BCUT2D eigenvalue weighted by atomic mass is 10.4. The summed E-state index contributed by atoms with van der Waals surface area (Å²) in [5.74, 6) is 0. The predicted molar refractivity (Wildman–Crippen MR) is 48.9 cm³/mol.